The number of hydrogen-bond donors (Lipinski definition) is 2. The zero-order valence-corrected chi connectivity index (χ0v) is 13.5. The first-order valence-corrected chi connectivity index (χ1v) is 7.76. The molecule has 1 unspecified atom stereocenters. The van der Waals surface area contributed by atoms with Gasteiger partial charge in [0.15, 0.2) is 0 Å². The number of carbonyl (C=O) groups is 2. The summed E-state index contributed by atoms with van der Waals surface area (Å²) in [5, 5.41) is 5.63. The number of amides is 2. The van der Waals surface area contributed by atoms with Crippen molar-refractivity contribution in [2.24, 2.45) is 5.92 Å². The van der Waals surface area contributed by atoms with Crippen molar-refractivity contribution in [3.8, 4) is 0 Å². The fourth-order valence-corrected chi connectivity index (χ4v) is 2.56. The quantitative estimate of drug-likeness (QED) is 0.806. The summed E-state index contributed by atoms with van der Waals surface area (Å²) in [6, 6.07) is 4.90. The first-order chi connectivity index (χ1) is 11.1. The molecule has 0 spiro atoms. The minimum atomic E-state index is -0.368. The highest BCUT2D eigenvalue weighted by Crippen LogP contribution is 2.18. The minimum Gasteiger partial charge on any atom is -0.469 e. The second-order valence-electron chi connectivity index (χ2n) is 5.60. The molecular weight excluding hydrogens is 298 g/mol. The van der Waals surface area contributed by atoms with E-state index in [4.69, 9.17) is 4.74 Å². The molecular formula is C16H23N3O4. The molecule has 0 aliphatic carbocycles. The Morgan fingerprint density at radius 1 is 1.39 bits per heavy atom. The highest BCUT2D eigenvalue weighted by molar-refractivity contribution is 5.88. The number of carbonyl (C=O) groups excluding carboxylic acids is 2. The molecule has 23 heavy (non-hydrogen) atoms. The molecule has 0 aromatic carbocycles. The predicted molar refractivity (Wildman–Crippen MR) is 85.1 cm³/mol. The summed E-state index contributed by atoms with van der Waals surface area (Å²) < 4.78 is 9.93. The van der Waals surface area contributed by atoms with Gasteiger partial charge in [-0.1, -0.05) is 6.07 Å². The van der Waals surface area contributed by atoms with Crippen LogP contribution in [0.1, 0.15) is 25.5 Å². The standard InChI is InChI=1S/C16H23N3O4/c1-11(12-6-8-23-9-7-12)17-16(21)19-14-5-3-4-13(18-14)10-15(20)22-2/h3-5,11-12H,6-10H2,1-2H3,(H2,17,18,19,21). The number of nitrogens with one attached hydrogen (secondary N) is 2. The van der Waals surface area contributed by atoms with Gasteiger partial charge in [-0.15, -0.1) is 0 Å². The SMILES string of the molecule is COC(=O)Cc1cccc(NC(=O)NC(C)C2CCOCC2)n1. The van der Waals surface area contributed by atoms with E-state index in [1.165, 1.54) is 7.11 Å². The summed E-state index contributed by atoms with van der Waals surface area (Å²) in [4.78, 5) is 27.6. The van der Waals surface area contributed by atoms with Gasteiger partial charge in [0, 0.05) is 19.3 Å². The summed E-state index contributed by atoms with van der Waals surface area (Å²) in [6.07, 6.45) is 1.98. The van der Waals surface area contributed by atoms with E-state index in [-0.39, 0.29) is 24.5 Å². The fourth-order valence-electron chi connectivity index (χ4n) is 2.56. The maximum Gasteiger partial charge on any atom is 0.320 e. The Balaban J connectivity index is 1.86. The van der Waals surface area contributed by atoms with Crippen LogP contribution in [0.25, 0.3) is 0 Å². The second kappa shape index (κ2) is 8.47. The van der Waals surface area contributed by atoms with Gasteiger partial charge in [-0.05, 0) is 37.8 Å². The largest absolute Gasteiger partial charge is 0.469 e. The Kier molecular flexibility index (Phi) is 6.34. The second-order valence-corrected chi connectivity index (χ2v) is 5.60. The maximum absolute atomic E-state index is 12.1. The van der Waals surface area contributed by atoms with E-state index < -0.39 is 0 Å². The molecule has 1 aromatic heterocycles. The lowest BCUT2D eigenvalue weighted by Crippen LogP contribution is -2.42. The Bertz CT molecular complexity index is 544. The molecule has 7 nitrogen and oxygen atoms in total. The van der Waals surface area contributed by atoms with Crippen LogP contribution in [0, 0.1) is 5.92 Å². The number of methoxy groups -OCH3 is 1. The third-order valence-electron chi connectivity index (χ3n) is 3.93. The van der Waals surface area contributed by atoms with Gasteiger partial charge in [-0.25, -0.2) is 9.78 Å². The number of hydrogen-bond acceptors (Lipinski definition) is 5. The van der Waals surface area contributed by atoms with Gasteiger partial charge in [0.2, 0.25) is 0 Å². The van der Waals surface area contributed by atoms with Crippen LogP contribution in [0.4, 0.5) is 10.6 Å². The van der Waals surface area contributed by atoms with Crippen molar-refractivity contribution in [3.63, 3.8) is 0 Å². The zero-order chi connectivity index (χ0) is 16.7. The van der Waals surface area contributed by atoms with E-state index in [0.29, 0.717) is 17.4 Å². The zero-order valence-electron chi connectivity index (χ0n) is 13.5. The number of pyridine rings is 1. The molecule has 0 saturated carbocycles. The summed E-state index contributed by atoms with van der Waals surface area (Å²) in [5.41, 5.74) is 0.548. The van der Waals surface area contributed by atoms with Gasteiger partial charge in [0.1, 0.15) is 5.82 Å². The van der Waals surface area contributed by atoms with Crippen LogP contribution in [-0.2, 0) is 20.7 Å². The third-order valence-corrected chi connectivity index (χ3v) is 3.93. The molecule has 1 atom stereocenters. The number of urea groups is 1. The monoisotopic (exact) mass is 321 g/mol. The summed E-state index contributed by atoms with van der Waals surface area (Å²) in [7, 11) is 1.33. The molecule has 1 aromatic rings. The average molecular weight is 321 g/mol. The van der Waals surface area contributed by atoms with Gasteiger partial charge in [0.05, 0.1) is 19.2 Å². The van der Waals surface area contributed by atoms with Crippen LogP contribution in [0.5, 0.6) is 0 Å². The van der Waals surface area contributed by atoms with Gasteiger partial charge in [-0.2, -0.15) is 0 Å². The molecule has 126 valence electrons. The number of ether oxygens (including phenoxy) is 2. The van der Waals surface area contributed by atoms with Gasteiger partial charge >= 0.3 is 12.0 Å². The van der Waals surface area contributed by atoms with Crippen LogP contribution in [0.15, 0.2) is 18.2 Å². The topological polar surface area (TPSA) is 89.5 Å². The van der Waals surface area contributed by atoms with Gasteiger partial charge < -0.3 is 14.8 Å². The average Bonchev–Trinajstić information content (AvgIpc) is 2.55. The van der Waals surface area contributed by atoms with Crippen molar-refractivity contribution >= 4 is 17.8 Å². The van der Waals surface area contributed by atoms with Gasteiger partial charge in [-0.3, -0.25) is 10.1 Å². The Labute approximate surface area is 135 Å². The highest BCUT2D eigenvalue weighted by Gasteiger charge is 2.21. The smallest absolute Gasteiger partial charge is 0.320 e. The van der Waals surface area contributed by atoms with E-state index in [2.05, 4.69) is 20.4 Å². The first-order valence-electron chi connectivity index (χ1n) is 7.76. The molecule has 2 amide bonds. The number of nitrogens with zero attached hydrogens (tertiary/aromatic N) is 1. The number of anilines is 1. The van der Waals surface area contributed by atoms with E-state index >= 15 is 0 Å². The van der Waals surface area contributed by atoms with Crippen molar-refractivity contribution in [2.45, 2.75) is 32.2 Å². The van der Waals surface area contributed by atoms with Crippen LogP contribution in [-0.4, -0.2) is 43.3 Å². The molecule has 2 N–H and O–H groups in total. The van der Waals surface area contributed by atoms with Crippen LogP contribution >= 0.6 is 0 Å². The molecule has 1 fully saturated rings. The minimum absolute atomic E-state index is 0.0668. The van der Waals surface area contributed by atoms with Crippen molar-refractivity contribution in [1.82, 2.24) is 10.3 Å². The molecule has 1 aliphatic heterocycles. The van der Waals surface area contributed by atoms with Crippen molar-refractivity contribution < 1.29 is 19.1 Å². The molecule has 1 aliphatic rings. The lowest BCUT2D eigenvalue weighted by atomic mass is 9.93. The van der Waals surface area contributed by atoms with E-state index in [1.54, 1.807) is 18.2 Å². The van der Waals surface area contributed by atoms with Crippen molar-refractivity contribution in [3.05, 3.63) is 23.9 Å². The fraction of sp³-hybridized carbons (Fsp3) is 0.562. The Morgan fingerprint density at radius 3 is 2.83 bits per heavy atom. The number of esters is 1. The van der Waals surface area contributed by atoms with Crippen molar-refractivity contribution in [2.75, 3.05) is 25.6 Å². The molecule has 1 saturated heterocycles. The van der Waals surface area contributed by atoms with Gasteiger partial charge in [0.25, 0.3) is 0 Å². The Morgan fingerprint density at radius 2 is 2.13 bits per heavy atom. The lowest BCUT2D eigenvalue weighted by molar-refractivity contribution is -0.139. The number of rotatable bonds is 5. The van der Waals surface area contributed by atoms with E-state index in [0.717, 1.165) is 26.1 Å². The summed E-state index contributed by atoms with van der Waals surface area (Å²) in [6.45, 7) is 3.49. The molecule has 0 bridgehead atoms. The van der Waals surface area contributed by atoms with Crippen molar-refractivity contribution in [1.29, 1.82) is 0 Å². The normalized spacial score (nSPS) is 16.4. The molecule has 2 rings (SSSR count). The molecule has 2 heterocycles. The predicted octanol–water partition coefficient (Wildman–Crippen LogP) is 1.73. The lowest BCUT2D eigenvalue weighted by Gasteiger charge is -2.28. The third kappa shape index (κ3) is 5.52. The van der Waals surface area contributed by atoms with Crippen LogP contribution in [0.2, 0.25) is 0 Å². The van der Waals surface area contributed by atoms with E-state index in [9.17, 15) is 9.59 Å². The van der Waals surface area contributed by atoms with E-state index in [1.807, 2.05) is 6.92 Å². The number of aromatic nitrogens is 1. The Hall–Kier alpha value is -2.15. The summed E-state index contributed by atoms with van der Waals surface area (Å²) in [5.74, 6) is 0.462. The maximum atomic E-state index is 12.1. The first kappa shape index (κ1) is 17.2. The van der Waals surface area contributed by atoms with Crippen LogP contribution in [0.3, 0.4) is 0 Å². The van der Waals surface area contributed by atoms with Crippen LogP contribution < -0.4 is 10.6 Å². The highest BCUT2D eigenvalue weighted by atomic mass is 16.5. The molecule has 0 radical (unpaired) electrons. The summed E-state index contributed by atoms with van der Waals surface area (Å²) >= 11 is 0. The molecule has 7 heteroatoms.